The third-order valence-corrected chi connectivity index (χ3v) is 8.01. The van der Waals surface area contributed by atoms with Gasteiger partial charge in [-0.1, -0.05) is 17.7 Å². The molecular weight excluding hydrogens is 548 g/mol. The number of anilines is 1. The van der Waals surface area contributed by atoms with Crippen LogP contribution in [0.25, 0.3) is 0 Å². The summed E-state index contributed by atoms with van der Waals surface area (Å²) in [6, 6.07) is 7.33. The number of carbonyl (C=O) groups excluding carboxylic acids is 4. The molecule has 2 heterocycles. The number of nitrogens with one attached hydrogen (secondary N) is 1. The summed E-state index contributed by atoms with van der Waals surface area (Å²) in [5.41, 5.74) is -1.16. The number of nitro groups is 1. The number of sulfonamides is 1. The van der Waals surface area contributed by atoms with E-state index in [-0.39, 0.29) is 47.5 Å². The molecule has 0 atom stereocenters. The van der Waals surface area contributed by atoms with Crippen LogP contribution in [-0.4, -0.2) is 85.7 Å². The fourth-order valence-electron chi connectivity index (χ4n) is 3.83. The third kappa shape index (κ3) is 5.35. The average molecular weight is 567 g/mol. The van der Waals surface area contributed by atoms with Crippen LogP contribution in [-0.2, 0) is 29.1 Å². The van der Waals surface area contributed by atoms with E-state index >= 15 is 0 Å². The van der Waals surface area contributed by atoms with E-state index in [1.165, 1.54) is 34.6 Å². The van der Waals surface area contributed by atoms with Gasteiger partial charge in [0, 0.05) is 24.8 Å². The Hall–Kier alpha value is -3.92. The number of hydrogen-bond donors (Lipinski definition) is 1. The van der Waals surface area contributed by atoms with Crippen molar-refractivity contribution in [1.82, 2.24) is 9.21 Å². The molecule has 38 heavy (non-hydrogen) atoms. The number of carbonyl (C=O) groups is 4. The van der Waals surface area contributed by atoms with Crippen LogP contribution in [0.3, 0.4) is 0 Å². The van der Waals surface area contributed by atoms with Gasteiger partial charge in [-0.2, -0.15) is 4.31 Å². The summed E-state index contributed by atoms with van der Waals surface area (Å²) in [6.45, 7) is -0.945. The molecule has 14 nitrogen and oxygen atoms in total. The third-order valence-electron chi connectivity index (χ3n) is 5.63. The van der Waals surface area contributed by atoms with E-state index in [0.717, 1.165) is 6.07 Å². The number of fused-ring (bicyclic) bond motifs is 1. The fourth-order valence-corrected chi connectivity index (χ4v) is 5.74. The summed E-state index contributed by atoms with van der Waals surface area (Å²) >= 11 is 6.09. The molecule has 0 bridgehead atoms. The van der Waals surface area contributed by atoms with Crippen LogP contribution in [0.1, 0.15) is 20.7 Å². The monoisotopic (exact) mass is 566 g/mol. The highest BCUT2D eigenvalue weighted by atomic mass is 35.5. The zero-order valence-electron chi connectivity index (χ0n) is 19.4. The van der Waals surface area contributed by atoms with Crippen molar-refractivity contribution in [2.75, 3.05) is 44.8 Å². The maximum Gasteiger partial charge on any atom is 0.326 e. The van der Waals surface area contributed by atoms with Crippen LogP contribution in [0.4, 0.5) is 11.4 Å². The molecule has 0 spiro atoms. The lowest BCUT2D eigenvalue weighted by molar-refractivity contribution is -0.385. The van der Waals surface area contributed by atoms with E-state index in [0.29, 0.717) is 4.90 Å². The highest BCUT2D eigenvalue weighted by Crippen LogP contribution is 2.31. The molecule has 0 aromatic heterocycles. The van der Waals surface area contributed by atoms with Crippen LogP contribution in [0, 0.1) is 10.1 Å². The molecule has 200 valence electrons. The van der Waals surface area contributed by atoms with Gasteiger partial charge in [0.25, 0.3) is 23.4 Å². The first-order valence-corrected chi connectivity index (χ1v) is 12.8. The van der Waals surface area contributed by atoms with Gasteiger partial charge in [-0.3, -0.25) is 34.2 Å². The second kappa shape index (κ2) is 10.8. The van der Waals surface area contributed by atoms with Crippen LogP contribution < -0.4 is 5.32 Å². The number of morpholine rings is 1. The second-order valence-electron chi connectivity index (χ2n) is 8.02. The molecule has 1 fully saturated rings. The van der Waals surface area contributed by atoms with E-state index in [2.05, 4.69) is 5.32 Å². The molecule has 2 aliphatic heterocycles. The molecule has 1 N–H and O–H groups in total. The number of benzene rings is 2. The molecule has 4 rings (SSSR count). The first-order chi connectivity index (χ1) is 18.0. The van der Waals surface area contributed by atoms with Gasteiger partial charge in [0.2, 0.25) is 10.0 Å². The second-order valence-corrected chi connectivity index (χ2v) is 10.3. The van der Waals surface area contributed by atoms with Crippen molar-refractivity contribution in [3.05, 3.63) is 62.7 Å². The maximum absolute atomic E-state index is 12.9. The highest BCUT2D eigenvalue weighted by Gasteiger charge is 2.42. The Morgan fingerprint density at radius 3 is 2.53 bits per heavy atom. The smallest absolute Gasteiger partial charge is 0.326 e. The highest BCUT2D eigenvalue weighted by molar-refractivity contribution is 7.89. The molecule has 3 amide bonds. The lowest BCUT2D eigenvalue weighted by atomic mass is 10.1. The first kappa shape index (κ1) is 27.1. The van der Waals surface area contributed by atoms with Gasteiger partial charge < -0.3 is 14.8 Å². The SMILES string of the molecule is O=C(COC(=O)CN1C(=O)c2cccc([N+](=O)[O-])c2C1=O)Nc1ccc(Cl)c(S(=O)(=O)N2CCOCC2)c1. The van der Waals surface area contributed by atoms with Gasteiger partial charge in [0.05, 0.1) is 28.7 Å². The Kier molecular flexibility index (Phi) is 7.73. The molecule has 2 aromatic carbocycles. The number of rotatable bonds is 8. The van der Waals surface area contributed by atoms with Crippen molar-refractivity contribution >= 4 is 56.7 Å². The number of nitro benzene ring substituents is 1. The van der Waals surface area contributed by atoms with E-state index in [4.69, 9.17) is 21.1 Å². The van der Waals surface area contributed by atoms with Crippen molar-refractivity contribution in [3.63, 3.8) is 0 Å². The normalized spacial score (nSPS) is 15.8. The molecule has 0 saturated carbocycles. The topological polar surface area (TPSA) is 183 Å². The molecule has 0 aliphatic carbocycles. The summed E-state index contributed by atoms with van der Waals surface area (Å²) in [5.74, 6) is -3.91. The van der Waals surface area contributed by atoms with Gasteiger partial charge >= 0.3 is 5.97 Å². The molecule has 16 heteroatoms. The minimum Gasteiger partial charge on any atom is -0.454 e. The van der Waals surface area contributed by atoms with Crippen LogP contribution in [0.5, 0.6) is 0 Å². The lowest BCUT2D eigenvalue weighted by Gasteiger charge is -2.26. The summed E-state index contributed by atoms with van der Waals surface area (Å²) in [7, 11) is -3.96. The Morgan fingerprint density at radius 2 is 1.84 bits per heavy atom. The minimum absolute atomic E-state index is 0.0536. The van der Waals surface area contributed by atoms with E-state index < -0.39 is 63.0 Å². The van der Waals surface area contributed by atoms with Gasteiger partial charge in [-0.15, -0.1) is 0 Å². The molecule has 2 aromatic rings. The number of imide groups is 1. The number of hydrogen-bond acceptors (Lipinski definition) is 10. The van der Waals surface area contributed by atoms with Crippen molar-refractivity contribution in [3.8, 4) is 0 Å². The first-order valence-electron chi connectivity index (χ1n) is 11.0. The van der Waals surface area contributed by atoms with Crippen LogP contribution in [0.15, 0.2) is 41.3 Å². The number of nitrogens with zero attached hydrogens (tertiary/aromatic N) is 3. The van der Waals surface area contributed by atoms with Crippen molar-refractivity contribution in [2.24, 2.45) is 0 Å². The predicted octanol–water partition coefficient (Wildman–Crippen LogP) is 1.05. The Balaban J connectivity index is 1.37. The molecule has 0 radical (unpaired) electrons. The Morgan fingerprint density at radius 1 is 1.13 bits per heavy atom. The van der Waals surface area contributed by atoms with Gasteiger partial charge in [0.1, 0.15) is 17.0 Å². The molecule has 2 aliphatic rings. The fraction of sp³-hybridized carbons (Fsp3) is 0.273. The van der Waals surface area contributed by atoms with Crippen molar-refractivity contribution < 1.29 is 42.0 Å². The summed E-state index contributed by atoms with van der Waals surface area (Å²) in [4.78, 5) is 60.2. The van der Waals surface area contributed by atoms with Crippen LogP contribution in [0.2, 0.25) is 5.02 Å². The largest absolute Gasteiger partial charge is 0.454 e. The van der Waals surface area contributed by atoms with Gasteiger partial charge in [-0.05, 0) is 24.3 Å². The minimum atomic E-state index is -3.96. The van der Waals surface area contributed by atoms with Crippen molar-refractivity contribution in [1.29, 1.82) is 0 Å². The zero-order chi connectivity index (χ0) is 27.6. The quantitative estimate of drug-likeness (QED) is 0.210. The van der Waals surface area contributed by atoms with E-state index in [9.17, 15) is 37.7 Å². The zero-order valence-corrected chi connectivity index (χ0v) is 21.0. The standard InChI is InChI=1S/C22H19ClN4O10S/c23-15-5-4-13(10-17(15)38(34,35)25-6-8-36-9-7-25)24-18(28)12-37-19(29)11-26-21(30)14-2-1-3-16(27(32)33)20(14)22(26)31/h1-5,10H,6-9,11-12H2,(H,24,28). The number of amides is 3. The van der Waals surface area contributed by atoms with E-state index in [1.54, 1.807) is 0 Å². The molecule has 0 unspecified atom stereocenters. The van der Waals surface area contributed by atoms with Crippen LogP contribution >= 0.6 is 11.6 Å². The Bertz CT molecular complexity index is 1460. The number of esters is 1. The molecular formula is C22H19ClN4O10S. The van der Waals surface area contributed by atoms with Gasteiger partial charge in [0.15, 0.2) is 6.61 Å². The molecule has 1 saturated heterocycles. The summed E-state index contributed by atoms with van der Waals surface area (Å²) < 4.78 is 37.1. The maximum atomic E-state index is 12.9. The summed E-state index contributed by atoms with van der Waals surface area (Å²) in [5, 5.41) is 13.5. The Labute approximate surface area is 220 Å². The lowest BCUT2D eigenvalue weighted by Crippen LogP contribution is -2.40. The predicted molar refractivity (Wildman–Crippen MR) is 129 cm³/mol. The summed E-state index contributed by atoms with van der Waals surface area (Å²) in [6.07, 6.45) is 0. The number of halogens is 1. The van der Waals surface area contributed by atoms with Crippen molar-refractivity contribution in [2.45, 2.75) is 4.90 Å². The number of ether oxygens (including phenoxy) is 2. The van der Waals surface area contributed by atoms with E-state index in [1.807, 2.05) is 0 Å². The average Bonchev–Trinajstić information content (AvgIpc) is 3.13. The van der Waals surface area contributed by atoms with Gasteiger partial charge in [-0.25, -0.2) is 8.42 Å².